The average Bonchev–Trinajstić information content (AvgIpc) is 2.30. The van der Waals surface area contributed by atoms with Gasteiger partial charge in [0, 0.05) is 10.0 Å². The number of carbonyl (C=O) groups is 1. The van der Waals surface area contributed by atoms with E-state index >= 15 is 0 Å². The highest BCUT2D eigenvalue weighted by atomic mass is 79.9. The van der Waals surface area contributed by atoms with Crippen LogP contribution in [0.1, 0.15) is 11.1 Å². The molecule has 0 aliphatic carbocycles. The van der Waals surface area contributed by atoms with Crippen LogP contribution in [-0.4, -0.2) is 19.4 Å². The number of carbonyl (C=O) groups excluding carboxylic acids is 1. The Balaban J connectivity index is 3.23. The Morgan fingerprint density at radius 1 is 1.47 bits per heavy atom. The smallest absolute Gasteiger partial charge is 0.469 e. The molecule has 0 saturated carbocycles. The van der Waals surface area contributed by atoms with Crippen molar-refractivity contribution in [1.29, 1.82) is 5.26 Å². The van der Waals surface area contributed by atoms with E-state index < -0.39 is 24.5 Å². The van der Waals surface area contributed by atoms with Crippen molar-refractivity contribution in [3.8, 4) is 11.8 Å². The molecular formula is C11H7BrF3NO3. The number of benzene rings is 1. The lowest BCUT2D eigenvalue weighted by Crippen LogP contribution is -2.19. The second-order valence-electron chi connectivity index (χ2n) is 3.35. The molecule has 0 N–H and O–H groups in total. The van der Waals surface area contributed by atoms with Gasteiger partial charge in [-0.1, -0.05) is 0 Å². The first-order valence-electron chi connectivity index (χ1n) is 4.82. The van der Waals surface area contributed by atoms with Crippen molar-refractivity contribution in [1.82, 2.24) is 0 Å². The molecule has 0 spiro atoms. The highest BCUT2D eigenvalue weighted by molar-refractivity contribution is 9.10. The third-order valence-corrected chi connectivity index (χ3v) is 2.71. The summed E-state index contributed by atoms with van der Waals surface area (Å²) in [5, 5.41) is 8.80. The molecule has 0 unspecified atom stereocenters. The minimum absolute atomic E-state index is 0.0797. The maximum atomic E-state index is 12.2. The Bertz CT molecular complexity index is 537. The number of nitrogens with zero attached hydrogens (tertiary/aromatic N) is 1. The lowest BCUT2D eigenvalue weighted by Gasteiger charge is -2.13. The molecular weight excluding hydrogens is 331 g/mol. The van der Waals surface area contributed by atoms with Gasteiger partial charge in [-0.15, -0.1) is 13.2 Å². The number of alkyl halides is 3. The van der Waals surface area contributed by atoms with Crippen LogP contribution in [-0.2, 0) is 16.0 Å². The number of hydrogen-bond acceptors (Lipinski definition) is 4. The molecule has 0 aliphatic heterocycles. The average molecular weight is 338 g/mol. The third-order valence-electron chi connectivity index (χ3n) is 2.06. The first-order valence-corrected chi connectivity index (χ1v) is 5.61. The third kappa shape index (κ3) is 4.44. The van der Waals surface area contributed by atoms with Crippen molar-refractivity contribution in [2.45, 2.75) is 12.8 Å². The van der Waals surface area contributed by atoms with Gasteiger partial charge in [-0.25, -0.2) is 0 Å². The minimum atomic E-state index is -4.89. The Hall–Kier alpha value is -1.75. The maximum Gasteiger partial charge on any atom is 0.573 e. The molecule has 0 bridgehead atoms. The van der Waals surface area contributed by atoms with Gasteiger partial charge in [0.05, 0.1) is 19.1 Å². The quantitative estimate of drug-likeness (QED) is 0.795. The summed E-state index contributed by atoms with van der Waals surface area (Å²) < 4.78 is 45.0. The van der Waals surface area contributed by atoms with Gasteiger partial charge in [0.25, 0.3) is 0 Å². The summed E-state index contributed by atoms with van der Waals surface area (Å²) in [4.78, 5) is 11.1. The summed E-state index contributed by atoms with van der Waals surface area (Å²) in [6.07, 6.45) is -5.32. The molecule has 102 valence electrons. The Labute approximate surface area is 114 Å². The standard InChI is InChI=1S/C11H7BrF3NO3/c1-18-10(17)3-6-2-7(5-16)8(12)4-9(6)19-11(13,14)15/h2,4H,3H2,1H3. The molecule has 0 heterocycles. The highest BCUT2D eigenvalue weighted by Gasteiger charge is 2.32. The topological polar surface area (TPSA) is 59.3 Å². The largest absolute Gasteiger partial charge is 0.573 e. The first-order chi connectivity index (χ1) is 8.76. The summed E-state index contributed by atoms with van der Waals surface area (Å²) in [7, 11) is 1.11. The van der Waals surface area contributed by atoms with Crippen molar-refractivity contribution in [3.05, 3.63) is 27.7 Å². The van der Waals surface area contributed by atoms with Gasteiger partial charge in [0.2, 0.25) is 0 Å². The van der Waals surface area contributed by atoms with E-state index in [1.54, 1.807) is 6.07 Å². The summed E-state index contributed by atoms with van der Waals surface area (Å²) in [6.45, 7) is 0. The van der Waals surface area contributed by atoms with Crippen LogP contribution in [0.4, 0.5) is 13.2 Å². The van der Waals surface area contributed by atoms with Gasteiger partial charge >= 0.3 is 12.3 Å². The van der Waals surface area contributed by atoms with Gasteiger partial charge in [-0.3, -0.25) is 4.79 Å². The fourth-order valence-electron chi connectivity index (χ4n) is 1.27. The van der Waals surface area contributed by atoms with E-state index in [1.165, 1.54) is 0 Å². The summed E-state index contributed by atoms with van der Waals surface area (Å²) in [5.41, 5.74) is 0.0114. The van der Waals surface area contributed by atoms with Crippen LogP contribution in [0.3, 0.4) is 0 Å². The number of esters is 1. The van der Waals surface area contributed by atoms with Gasteiger partial charge < -0.3 is 9.47 Å². The van der Waals surface area contributed by atoms with Gasteiger partial charge in [-0.2, -0.15) is 5.26 Å². The monoisotopic (exact) mass is 337 g/mol. The predicted molar refractivity (Wildman–Crippen MR) is 61.3 cm³/mol. The zero-order chi connectivity index (χ0) is 14.6. The molecule has 4 nitrogen and oxygen atoms in total. The predicted octanol–water partition coefficient (Wildman–Crippen LogP) is 2.93. The number of hydrogen-bond donors (Lipinski definition) is 0. The van der Waals surface area contributed by atoms with E-state index in [4.69, 9.17) is 5.26 Å². The van der Waals surface area contributed by atoms with Crippen LogP contribution in [0.5, 0.6) is 5.75 Å². The molecule has 0 saturated heterocycles. The van der Waals surface area contributed by atoms with E-state index in [0.717, 1.165) is 19.2 Å². The lowest BCUT2D eigenvalue weighted by molar-refractivity contribution is -0.275. The normalized spacial score (nSPS) is 10.7. The number of halogens is 4. The van der Waals surface area contributed by atoms with Crippen molar-refractivity contribution in [2.24, 2.45) is 0 Å². The Kier molecular flexibility index (Phi) is 4.78. The maximum absolute atomic E-state index is 12.2. The SMILES string of the molecule is COC(=O)Cc1cc(C#N)c(Br)cc1OC(F)(F)F. The number of ether oxygens (including phenoxy) is 2. The van der Waals surface area contributed by atoms with Crippen LogP contribution in [0.25, 0.3) is 0 Å². The van der Waals surface area contributed by atoms with Gasteiger partial charge in [-0.05, 0) is 28.1 Å². The molecule has 0 aliphatic rings. The number of rotatable bonds is 3. The zero-order valence-corrected chi connectivity index (χ0v) is 11.1. The molecule has 0 atom stereocenters. The van der Waals surface area contributed by atoms with Crippen LogP contribution in [0.2, 0.25) is 0 Å². The van der Waals surface area contributed by atoms with Crippen LogP contribution < -0.4 is 4.74 Å². The fourth-order valence-corrected chi connectivity index (χ4v) is 1.68. The summed E-state index contributed by atoms with van der Waals surface area (Å²) >= 11 is 2.95. The lowest BCUT2D eigenvalue weighted by atomic mass is 10.1. The van der Waals surface area contributed by atoms with Crippen LogP contribution in [0, 0.1) is 11.3 Å². The molecule has 0 amide bonds. The number of nitriles is 1. The van der Waals surface area contributed by atoms with Crippen molar-refractivity contribution >= 4 is 21.9 Å². The molecule has 0 fully saturated rings. The summed E-state index contributed by atoms with van der Waals surface area (Å²) in [5.74, 6) is -1.29. The first kappa shape index (κ1) is 15.3. The molecule has 1 aromatic rings. The van der Waals surface area contributed by atoms with Gasteiger partial charge in [0.1, 0.15) is 11.8 Å². The minimum Gasteiger partial charge on any atom is -0.469 e. The molecule has 1 aromatic carbocycles. The Morgan fingerprint density at radius 3 is 2.58 bits per heavy atom. The second-order valence-corrected chi connectivity index (χ2v) is 4.21. The van der Waals surface area contributed by atoms with Crippen molar-refractivity contribution in [2.75, 3.05) is 7.11 Å². The van der Waals surface area contributed by atoms with Crippen LogP contribution >= 0.6 is 15.9 Å². The summed E-state index contributed by atoms with van der Waals surface area (Å²) in [6, 6.07) is 3.91. The second kappa shape index (κ2) is 5.93. The zero-order valence-electron chi connectivity index (χ0n) is 9.55. The molecule has 8 heteroatoms. The van der Waals surface area contributed by atoms with Crippen LogP contribution in [0.15, 0.2) is 16.6 Å². The highest BCUT2D eigenvalue weighted by Crippen LogP contribution is 2.32. The van der Waals surface area contributed by atoms with E-state index in [0.29, 0.717) is 0 Å². The number of methoxy groups -OCH3 is 1. The van der Waals surface area contributed by atoms with Crippen molar-refractivity contribution in [3.63, 3.8) is 0 Å². The van der Waals surface area contributed by atoms with E-state index in [2.05, 4.69) is 25.4 Å². The van der Waals surface area contributed by atoms with E-state index in [9.17, 15) is 18.0 Å². The molecule has 0 aromatic heterocycles. The fraction of sp³-hybridized carbons (Fsp3) is 0.273. The van der Waals surface area contributed by atoms with Gasteiger partial charge in [0.15, 0.2) is 0 Å². The molecule has 0 radical (unpaired) electrons. The Morgan fingerprint density at radius 2 is 2.11 bits per heavy atom. The molecule has 19 heavy (non-hydrogen) atoms. The molecule has 1 rings (SSSR count). The van der Waals surface area contributed by atoms with E-state index in [1.807, 2.05) is 0 Å². The van der Waals surface area contributed by atoms with E-state index in [-0.39, 0.29) is 15.6 Å². The van der Waals surface area contributed by atoms with Crippen molar-refractivity contribution < 1.29 is 27.4 Å².